The van der Waals surface area contributed by atoms with Gasteiger partial charge in [0.1, 0.15) is 0 Å². The molecule has 0 bridgehead atoms. The van der Waals surface area contributed by atoms with E-state index in [1.165, 1.54) is 0 Å². The molecule has 0 saturated heterocycles. The molecule has 1 fully saturated rings. The zero-order valence-electron chi connectivity index (χ0n) is 11.7. The topological polar surface area (TPSA) is 12.0 Å². The number of halogens is 3. The van der Waals surface area contributed by atoms with Gasteiger partial charge in [-0.3, -0.25) is 0 Å². The summed E-state index contributed by atoms with van der Waals surface area (Å²) in [5, 5.41) is 3.38. The number of hydrogen-bond donors (Lipinski definition) is 1. The zero-order valence-corrected chi connectivity index (χ0v) is 12.5. The van der Waals surface area contributed by atoms with Gasteiger partial charge in [-0.2, -0.15) is 13.2 Å². The van der Waals surface area contributed by atoms with Crippen molar-refractivity contribution in [2.24, 2.45) is 11.8 Å². The van der Waals surface area contributed by atoms with Crippen LogP contribution in [0.15, 0.2) is 29.2 Å². The van der Waals surface area contributed by atoms with Crippen molar-refractivity contribution in [1.82, 2.24) is 0 Å². The van der Waals surface area contributed by atoms with Crippen LogP contribution in [0.5, 0.6) is 0 Å². The van der Waals surface area contributed by atoms with Gasteiger partial charge in [-0.15, -0.1) is 11.8 Å². The molecule has 2 rings (SSSR count). The van der Waals surface area contributed by atoms with Crippen molar-refractivity contribution in [1.29, 1.82) is 0 Å². The van der Waals surface area contributed by atoms with Crippen LogP contribution in [-0.2, 0) is 0 Å². The molecule has 0 heterocycles. The van der Waals surface area contributed by atoms with Crippen LogP contribution in [0.1, 0.15) is 26.7 Å². The summed E-state index contributed by atoms with van der Waals surface area (Å²) in [6.45, 7) is 4.43. The Bertz CT molecular complexity index is 439. The van der Waals surface area contributed by atoms with E-state index < -0.39 is 11.9 Å². The second-order valence-electron chi connectivity index (χ2n) is 5.72. The lowest BCUT2D eigenvalue weighted by Gasteiger charge is -2.39. The first-order chi connectivity index (χ1) is 9.35. The highest BCUT2D eigenvalue weighted by Crippen LogP contribution is 2.38. The summed E-state index contributed by atoms with van der Waals surface area (Å²) < 4.78 is 36.9. The van der Waals surface area contributed by atoms with E-state index in [9.17, 15) is 13.2 Å². The van der Waals surface area contributed by atoms with E-state index in [2.05, 4.69) is 19.2 Å². The van der Waals surface area contributed by atoms with Gasteiger partial charge in [-0.1, -0.05) is 26.0 Å². The average molecular weight is 303 g/mol. The Kier molecular flexibility index (Phi) is 4.89. The van der Waals surface area contributed by atoms with E-state index in [4.69, 9.17) is 0 Å². The second-order valence-corrected chi connectivity index (χ2v) is 6.73. The lowest BCUT2D eigenvalue weighted by Crippen LogP contribution is -2.38. The molecule has 0 amide bonds. The molecule has 20 heavy (non-hydrogen) atoms. The number of rotatable bonds is 5. The van der Waals surface area contributed by atoms with Gasteiger partial charge in [0.2, 0.25) is 0 Å². The molecule has 1 nitrogen and oxygen atoms in total. The minimum absolute atomic E-state index is 0.398. The third-order valence-electron chi connectivity index (χ3n) is 3.76. The van der Waals surface area contributed by atoms with Gasteiger partial charge in [-0.05, 0) is 36.8 Å². The standard InChI is InChI=1S/C15H20F3NS/c1-10(2)11-7-12(8-11)19-13-5-3-4-6-14(13)20-9-15(16,17)18/h3-6,10-12,19H,7-9H2,1-2H3. The van der Waals surface area contributed by atoms with Gasteiger partial charge in [0.05, 0.1) is 5.75 Å². The first kappa shape index (κ1) is 15.5. The first-order valence-corrected chi connectivity index (χ1v) is 7.89. The van der Waals surface area contributed by atoms with Gasteiger partial charge in [-0.25, -0.2) is 0 Å². The Balaban J connectivity index is 1.92. The lowest BCUT2D eigenvalue weighted by atomic mass is 9.73. The molecule has 1 aromatic carbocycles. The predicted molar refractivity (Wildman–Crippen MR) is 78.2 cm³/mol. The maximum absolute atomic E-state index is 12.3. The number of hydrogen-bond acceptors (Lipinski definition) is 2. The van der Waals surface area contributed by atoms with Crippen LogP contribution in [-0.4, -0.2) is 18.0 Å². The summed E-state index contributed by atoms with van der Waals surface area (Å²) in [5.74, 6) is 0.579. The smallest absolute Gasteiger partial charge is 0.381 e. The molecule has 1 aromatic rings. The average Bonchev–Trinajstić information content (AvgIpc) is 2.30. The minimum Gasteiger partial charge on any atom is -0.381 e. The largest absolute Gasteiger partial charge is 0.398 e. The van der Waals surface area contributed by atoms with Crippen LogP contribution >= 0.6 is 11.8 Å². The van der Waals surface area contributed by atoms with E-state index in [1.807, 2.05) is 12.1 Å². The van der Waals surface area contributed by atoms with Gasteiger partial charge in [0, 0.05) is 16.6 Å². The van der Waals surface area contributed by atoms with Gasteiger partial charge >= 0.3 is 6.18 Å². The Hall–Kier alpha value is -0.840. The molecular weight excluding hydrogens is 283 g/mol. The molecular formula is C15H20F3NS. The molecule has 1 aliphatic rings. The van der Waals surface area contributed by atoms with Gasteiger partial charge in [0.25, 0.3) is 0 Å². The Morgan fingerprint density at radius 3 is 2.50 bits per heavy atom. The van der Waals surface area contributed by atoms with Crippen molar-refractivity contribution in [3.63, 3.8) is 0 Å². The lowest BCUT2D eigenvalue weighted by molar-refractivity contribution is -0.105. The third kappa shape index (κ3) is 4.33. The molecule has 5 heteroatoms. The van der Waals surface area contributed by atoms with Gasteiger partial charge in [0.15, 0.2) is 0 Å². The fraction of sp³-hybridized carbons (Fsp3) is 0.600. The highest BCUT2D eigenvalue weighted by molar-refractivity contribution is 7.99. The molecule has 0 atom stereocenters. The third-order valence-corrected chi connectivity index (χ3v) is 4.89. The quantitative estimate of drug-likeness (QED) is 0.751. The Labute approximate surface area is 122 Å². The summed E-state index contributed by atoms with van der Waals surface area (Å²) in [5.41, 5.74) is 0.828. The van der Waals surface area contributed by atoms with Crippen LogP contribution in [0.25, 0.3) is 0 Å². The van der Waals surface area contributed by atoms with Crippen molar-refractivity contribution in [3.8, 4) is 0 Å². The Morgan fingerprint density at radius 1 is 1.25 bits per heavy atom. The number of para-hydroxylation sites is 1. The van der Waals surface area contributed by atoms with Crippen LogP contribution in [0.3, 0.4) is 0 Å². The van der Waals surface area contributed by atoms with Crippen LogP contribution in [0.2, 0.25) is 0 Å². The van der Waals surface area contributed by atoms with Crippen molar-refractivity contribution < 1.29 is 13.2 Å². The van der Waals surface area contributed by atoms with Crippen LogP contribution in [0.4, 0.5) is 18.9 Å². The summed E-state index contributed by atoms with van der Waals surface area (Å²) >= 11 is 0.850. The van der Waals surface area contributed by atoms with E-state index >= 15 is 0 Å². The monoisotopic (exact) mass is 303 g/mol. The molecule has 1 aliphatic carbocycles. The van der Waals surface area contributed by atoms with E-state index in [-0.39, 0.29) is 0 Å². The van der Waals surface area contributed by atoms with Crippen molar-refractivity contribution in [2.75, 3.05) is 11.1 Å². The highest BCUT2D eigenvalue weighted by atomic mass is 32.2. The summed E-state index contributed by atoms with van der Waals surface area (Å²) in [7, 11) is 0. The number of thioether (sulfide) groups is 1. The fourth-order valence-corrected chi connectivity index (χ4v) is 3.19. The van der Waals surface area contributed by atoms with Crippen LogP contribution in [0, 0.1) is 11.8 Å². The molecule has 1 saturated carbocycles. The van der Waals surface area contributed by atoms with E-state index in [0.29, 0.717) is 16.9 Å². The molecule has 1 N–H and O–H groups in total. The summed E-state index contributed by atoms with van der Waals surface area (Å²) in [4.78, 5) is 0.679. The number of anilines is 1. The van der Waals surface area contributed by atoms with Crippen molar-refractivity contribution in [3.05, 3.63) is 24.3 Å². The number of alkyl halides is 3. The SMILES string of the molecule is CC(C)C1CC(Nc2ccccc2SCC(F)(F)F)C1. The van der Waals surface area contributed by atoms with Crippen LogP contribution < -0.4 is 5.32 Å². The maximum Gasteiger partial charge on any atom is 0.398 e. The maximum atomic E-state index is 12.3. The van der Waals surface area contributed by atoms with Gasteiger partial charge < -0.3 is 5.32 Å². The normalized spacial score (nSPS) is 22.7. The number of benzene rings is 1. The predicted octanol–water partition coefficient (Wildman–Crippen LogP) is 5.19. The molecule has 112 valence electrons. The van der Waals surface area contributed by atoms with Crippen molar-refractivity contribution in [2.45, 2.75) is 43.8 Å². The molecule has 0 aliphatic heterocycles. The highest BCUT2D eigenvalue weighted by Gasteiger charge is 2.32. The Morgan fingerprint density at radius 2 is 1.90 bits per heavy atom. The summed E-state index contributed by atoms with van der Waals surface area (Å²) in [6.07, 6.45) is -1.91. The fourth-order valence-electron chi connectivity index (χ4n) is 2.42. The van der Waals surface area contributed by atoms with E-state index in [1.54, 1.807) is 12.1 Å². The molecule has 0 aromatic heterocycles. The molecule has 0 unspecified atom stereocenters. The first-order valence-electron chi connectivity index (χ1n) is 6.90. The molecule has 0 radical (unpaired) electrons. The summed E-state index contributed by atoms with van der Waals surface area (Å²) in [6, 6.07) is 7.65. The zero-order chi connectivity index (χ0) is 14.8. The van der Waals surface area contributed by atoms with Crippen molar-refractivity contribution >= 4 is 17.4 Å². The minimum atomic E-state index is -4.13. The second kappa shape index (κ2) is 6.29. The van der Waals surface area contributed by atoms with E-state index in [0.717, 1.165) is 36.2 Å². The number of nitrogens with one attached hydrogen (secondary N) is 1. The molecule has 0 spiro atoms.